The summed E-state index contributed by atoms with van der Waals surface area (Å²) in [6.45, 7) is 2.30. The van der Waals surface area contributed by atoms with Crippen molar-refractivity contribution < 1.29 is 0 Å². The number of hydrazine groups is 1. The summed E-state index contributed by atoms with van der Waals surface area (Å²) >= 11 is 0. The lowest BCUT2D eigenvalue weighted by molar-refractivity contribution is 0.183. The molecule has 0 radical (unpaired) electrons. The van der Waals surface area contributed by atoms with E-state index in [1.165, 1.54) is 37.6 Å². The third-order valence-electron chi connectivity index (χ3n) is 5.51. The van der Waals surface area contributed by atoms with Crippen molar-refractivity contribution >= 4 is 11.0 Å². The minimum atomic E-state index is 0.306. The van der Waals surface area contributed by atoms with E-state index in [-0.39, 0.29) is 0 Å². The van der Waals surface area contributed by atoms with Crippen LogP contribution in [0.5, 0.6) is 0 Å². The van der Waals surface area contributed by atoms with Gasteiger partial charge in [-0.15, -0.1) is 0 Å². The lowest BCUT2D eigenvalue weighted by Crippen LogP contribution is -2.48. The molecule has 3 rings (SSSR count). The van der Waals surface area contributed by atoms with Gasteiger partial charge in [0.25, 0.3) is 0 Å². The molecule has 1 aliphatic carbocycles. The Bertz CT molecular complexity index is 610. The number of rotatable bonds is 5. The summed E-state index contributed by atoms with van der Waals surface area (Å²) in [7, 11) is 2.10. The standard InChI is InChI=1S/C17H26N4/c1-3-17(10-6-7-11-17)15(20-18)12-16-19-13-8-4-5-9-14(13)21(16)2/h4-5,8-9,15,20H,3,6-7,10-12,18H2,1-2H3. The van der Waals surface area contributed by atoms with Gasteiger partial charge in [0, 0.05) is 19.5 Å². The summed E-state index contributed by atoms with van der Waals surface area (Å²) in [5.74, 6) is 7.04. The van der Waals surface area contributed by atoms with E-state index in [0.717, 1.165) is 17.8 Å². The third-order valence-corrected chi connectivity index (χ3v) is 5.51. The molecule has 1 fully saturated rings. The van der Waals surface area contributed by atoms with Gasteiger partial charge < -0.3 is 4.57 Å². The lowest BCUT2D eigenvalue weighted by atomic mass is 9.75. The molecule has 1 unspecified atom stereocenters. The third kappa shape index (κ3) is 2.47. The van der Waals surface area contributed by atoms with Crippen molar-refractivity contribution in [1.82, 2.24) is 15.0 Å². The normalized spacial score (nSPS) is 19.2. The van der Waals surface area contributed by atoms with Gasteiger partial charge in [-0.05, 0) is 36.8 Å². The second-order valence-corrected chi connectivity index (χ2v) is 6.42. The molecule has 1 aromatic carbocycles. The number of fused-ring (bicyclic) bond motifs is 1. The molecule has 3 N–H and O–H groups in total. The Labute approximate surface area is 126 Å². The van der Waals surface area contributed by atoms with Crippen molar-refractivity contribution in [2.75, 3.05) is 0 Å². The molecule has 114 valence electrons. The fraction of sp³-hybridized carbons (Fsp3) is 0.588. The maximum absolute atomic E-state index is 5.92. The van der Waals surface area contributed by atoms with E-state index < -0.39 is 0 Å². The molecule has 4 nitrogen and oxygen atoms in total. The Morgan fingerprint density at radius 2 is 2.05 bits per heavy atom. The Morgan fingerprint density at radius 1 is 1.33 bits per heavy atom. The van der Waals surface area contributed by atoms with Crippen molar-refractivity contribution in [3.8, 4) is 0 Å². The summed E-state index contributed by atoms with van der Waals surface area (Å²) in [6.07, 6.45) is 7.30. The Morgan fingerprint density at radius 3 is 2.67 bits per heavy atom. The summed E-state index contributed by atoms with van der Waals surface area (Å²) in [5, 5.41) is 0. The zero-order chi connectivity index (χ0) is 14.9. The van der Waals surface area contributed by atoms with Crippen molar-refractivity contribution in [3.63, 3.8) is 0 Å². The predicted octanol–water partition coefficient (Wildman–Crippen LogP) is 2.92. The van der Waals surface area contributed by atoms with Crippen LogP contribution in [-0.4, -0.2) is 15.6 Å². The van der Waals surface area contributed by atoms with E-state index in [0.29, 0.717) is 11.5 Å². The molecule has 0 aliphatic heterocycles. The van der Waals surface area contributed by atoms with Crippen LogP contribution in [0, 0.1) is 5.41 Å². The fourth-order valence-electron chi connectivity index (χ4n) is 4.04. The smallest absolute Gasteiger partial charge is 0.111 e. The SMILES string of the molecule is CCC1(C(Cc2nc3ccccc3n2C)NN)CCCC1. The van der Waals surface area contributed by atoms with Gasteiger partial charge in [-0.3, -0.25) is 11.3 Å². The fourth-order valence-corrected chi connectivity index (χ4v) is 4.04. The van der Waals surface area contributed by atoms with Crippen molar-refractivity contribution in [2.45, 2.75) is 51.5 Å². The molecule has 0 bridgehead atoms. The maximum atomic E-state index is 5.92. The first kappa shape index (κ1) is 14.5. The highest BCUT2D eigenvalue weighted by Crippen LogP contribution is 2.44. The molecule has 0 saturated heterocycles. The molecular weight excluding hydrogens is 260 g/mol. The number of para-hydroxylation sites is 2. The minimum Gasteiger partial charge on any atom is -0.331 e. The van der Waals surface area contributed by atoms with Crippen LogP contribution in [0.2, 0.25) is 0 Å². The van der Waals surface area contributed by atoms with E-state index in [9.17, 15) is 0 Å². The second kappa shape index (κ2) is 5.78. The van der Waals surface area contributed by atoms with E-state index >= 15 is 0 Å². The van der Waals surface area contributed by atoms with Gasteiger partial charge in [-0.2, -0.15) is 0 Å². The van der Waals surface area contributed by atoms with Crippen molar-refractivity contribution in [1.29, 1.82) is 0 Å². The zero-order valence-electron chi connectivity index (χ0n) is 13.1. The number of hydrogen-bond acceptors (Lipinski definition) is 3. The highest BCUT2D eigenvalue weighted by molar-refractivity contribution is 5.75. The summed E-state index contributed by atoms with van der Waals surface area (Å²) in [5.41, 5.74) is 5.71. The Hall–Kier alpha value is -1.39. The number of aromatic nitrogens is 2. The van der Waals surface area contributed by atoms with Gasteiger partial charge >= 0.3 is 0 Å². The number of imidazole rings is 1. The molecule has 1 atom stereocenters. The summed E-state index contributed by atoms with van der Waals surface area (Å²) in [6, 6.07) is 8.62. The minimum absolute atomic E-state index is 0.306. The second-order valence-electron chi connectivity index (χ2n) is 6.42. The number of benzene rings is 1. The first-order chi connectivity index (χ1) is 10.2. The van der Waals surface area contributed by atoms with Gasteiger partial charge in [0.05, 0.1) is 11.0 Å². The molecule has 0 spiro atoms. The van der Waals surface area contributed by atoms with Crippen LogP contribution in [0.3, 0.4) is 0 Å². The van der Waals surface area contributed by atoms with Crippen LogP contribution in [0.4, 0.5) is 0 Å². The highest BCUT2D eigenvalue weighted by atomic mass is 15.2. The first-order valence-corrected chi connectivity index (χ1v) is 8.06. The Kier molecular flexibility index (Phi) is 4.00. The van der Waals surface area contributed by atoms with Gasteiger partial charge in [-0.25, -0.2) is 4.98 Å². The average Bonchev–Trinajstić information content (AvgIpc) is 3.11. The number of nitrogens with zero attached hydrogens (tertiary/aromatic N) is 2. The van der Waals surface area contributed by atoms with Crippen LogP contribution < -0.4 is 11.3 Å². The van der Waals surface area contributed by atoms with Crippen LogP contribution >= 0.6 is 0 Å². The van der Waals surface area contributed by atoms with Crippen LogP contribution in [0.25, 0.3) is 11.0 Å². The topological polar surface area (TPSA) is 55.9 Å². The van der Waals surface area contributed by atoms with Crippen molar-refractivity contribution in [3.05, 3.63) is 30.1 Å². The molecular formula is C17H26N4. The van der Waals surface area contributed by atoms with Gasteiger partial charge in [0.2, 0.25) is 0 Å². The van der Waals surface area contributed by atoms with Crippen molar-refractivity contribution in [2.24, 2.45) is 18.3 Å². The number of nitrogens with one attached hydrogen (secondary N) is 1. The molecule has 1 aromatic heterocycles. The molecule has 1 heterocycles. The number of hydrogen-bond donors (Lipinski definition) is 2. The van der Waals surface area contributed by atoms with Gasteiger partial charge in [0.1, 0.15) is 5.82 Å². The van der Waals surface area contributed by atoms with E-state index in [1.807, 2.05) is 6.07 Å². The lowest BCUT2D eigenvalue weighted by Gasteiger charge is -2.36. The van der Waals surface area contributed by atoms with Gasteiger partial charge in [0.15, 0.2) is 0 Å². The Balaban J connectivity index is 1.90. The van der Waals surface area contributed by atoms with E-state index in [1.54, 1.807) is 0 Å². The highest BCUT2D eigenvalue weighted by Gasteiger charge is 2.39. The van der Waals surface area contributed by atoms with Crippen LogP contribution in [0.15, 0.2) is 24.3 Å². The number of aryl methyl sites for hydroxylation is 1. The molecule has 2 aromatic rings. The van der Waals surface area contributed by atoms with Gasteiger partial charge in [-0.1, -0.05) is 31.9 Å². The summed E-state index contributed by atoms with van der Waals surface area (Å²) < 4.78 is 2.21. The largest absolute Gasteiger partial charge is 0.331 e. The molecule has 4 heteroatoms. The average molecular weight is 286 g/mol. The van der Waals surface area contributed by atoms with E-state index in [4.69, 9.17) is 10.8 Å². The molecule has 1 saturated carbocycles. The first-order valence-electron chi connectivity index (χ1n) is 8.06. The van der Waals surface area contributed by atoms with E-state index in [2.05, 4.69) is 42.2 Å². The van der Waals surface area contributed by atoms with Crippen LogP contribution in [0.1, 0.15) is 44.9 Å². The molecule has 0 amide bonds. The monoisotopic (exact) mass is 286 g/mol. The molecule has 1 aliphatic rings. The maximum Gasteiger partial charge on any atom is 0.111 e. The predicted molar refractivity (Wildman–Crippen MR) is 86.7 cm³/mol. The quantitative estimate of drug-likeness (QED) is 0.656. The molecule has 21 heavy (non-hydrogen) atoms. The zero-order valence-corrected chi connectivity index (χ0v) is 13.1. The number of nitrogens with two attached hydrogens (primary N) is 1. The summed E-state index contributed by atoms with van der Waals surface area (Å²) in [4.78, 5) is 4.80. The van der Waals surface area contributed by atoms with Crippen LogP contribution in [-0.2, 0) is 13.5 Å².